The number of benzene rings is 1. The summed E-state index contributed by atoms with van der Waals surface area (Å²) in [6.07, 6.45) is 4.73. The summed E-state index contributed by atoms with van der Waals surface area (Å²) in [6, 6.07) is 5.16. The lowest BCUT2D eigenvalue weighted by molar-refractivity contribution is 0.191. The normalized spacial score (nSPS) is 22.5. The highest BCUT2D eigenvalue weighted by molar-refractivity contribution is 5.61. The average molecular weight is 413 g/mol. The van der Waals surface area contributed by atoms with Gasteiger partial charge in [-0.15, -0.1) is 0 Å². The highest BCUT2D eigenvalue weighted by Gasteiger charge is 2.41. The van der Waals surface area contributed by atoms with Gasteiger partial charge < -0.3 is 15.1 Å². The van der Waals surface area contributed by atoms with Crippen molar-refractivity contribution in [3.63, 3.8) is 0 Å². The monoisotopic (exact) mass is 412 g/mol. The zero-order valence-corrected chi connectivity index (χ0v) is 17.6. The second-order valence-electron chi connectivity index (χ2n) is 8.75. The Balaban J connectivity index is 1.36. The van der Waals surface area contributed by atoms with Crippen LogP contribution in [0.2, 0.25) is 0 Å². The molecule has 0 radical (unpaired) electrons. The fourth-order valence-corrected chi connectivity index (χ4v) is 4.21. The van der Waals surface area contributed by atoms with E-state index in [0.29, 0.717) is 5.75 Å². The molecule has 1 unspecified atom stereocenters. The summed E-state index contributed by atoms with van der Waals surface area (Å²) in [4.78, 5) is 13.8. The number of hydrogen-bond acceptors (Lipinski definition) is 7. The molecule has 1 saturated carbocycles. The predicted molar refractivity (Wildman–Crippen MR) is 114 cm³/mol. The molecule has 8 heteroatoms. The Hall–Kier alpha value is -2.45. The van der Waals surface area contributed by atoms with E-state index < -0.39 is 0 Å². The van der Waals surface area contributed by atoms with E-state index in [-0.39, 0.29) is 17.5 Å². The second kappa shape index (κ2) is 7.67. The third-order valence-corrected chi connectivity index (χ3v) is 6.28. The van der Waals surface area contributed by atoms with Crippen LogP contribution in [0, 0.1) is 5.82 Å². The van der Waals surface area contributed by atoms with Gasteiger partial charge in [0.25, 0.3) is 0 Å². The van der Waals surface area contributed by atoms with Crippen LogP contribution in [0.5, 0.6) is 5.75 Å². The fraction of sp³-hybridized carbons (Fsp3) is 0.545. The van der Waals surface area contributed by atoms with Gasteiger partial charge >= 0.3 is 0 Å². The lowest BCUT2D eigenvalue weighted by Gasteiger charge is -2.35. The van der Waals surface area contributed by atoms with E-state index in [1.807, 2.05) is 13.0 Å². The maximum absolute atomic E-state index is 14.5. The van der Waals surface area contributed by atoms with Gasteiger partial charge in [-0.05, 0) is 38.8 Å². The first-order chi connectivity index (χ1) is 14.5. The molecule has 2 aromatic rings. The van der Waals surface area contributed by atoms with Crippen molar-refractivity contribution in [1.82, 2.24) is 20.3 Å². The van der Waals surface area contributed by atoms with Crippen molar-refractivity contribution in [3.05, 3.63) is 41.6 Å². The molecule has 1 aromatic heterocycles. The highest BCUT2D eigenvalue weighted by Crippen LogP contribution is 2.43. The summed E-state index contributed by atoms with van der Waals surface area (Å²) < 4.78 is 20.4. The molecular weight excluding hydrogens is 383 g/mol. The molecule has 3 aliphatic rings. The van der Waals surface area contributed by atoms with Crippen molar-refractivity contribution in [2.24, 2.45) is 0 Å². The van der Waals surface area contributed by atoms with E-state index in [4.69, 9.17) is 4.74 Å². The van der Waals surface area contributed by atoms with Crippen molar-refractivity contribution in [1.29, 1.82) is 0 Å². The van der Waals surface area contributed by atoms with Crippen LogP contribution in [0.4, 0.5) is 15.9 Å². The van der Waals surface area contributed by atoms with Gasteiger partial charge in [0.1, 0.15) is 17.7 Å². The molecule has 5 rings (SSSR count). The van der Waals surface area contributed by atoms with Crippen molar-refractivity contribution in [2.75, 3.05) is 43.0 Å². The lowest BCUT2D eigenvalue weighted by Crippen LogP contribution is -2.46. The van der Waals surface area contributed by atoms with Crippen molar-refractivity contribution in [2.45, 2.75) is 44.8 Å². The second-order valence-corrected chi connectivity index (χ2v) is 8.75. The molecular formula is C22H29FN6O. The molecule has 2 aliphatic heterocycles. The molecule has 7 nitrogen and oxygen atoms in total. The predicted octanol–water partition coefficient (Wildman–Crippen LogP) is 3.10. The first kappa shape index (κ1) is 19.5. The van der Waals surface area contributed by atoms with E-state index in [2.05, 4.69) is 37.5 Å². The number of halogens is 1. The molecule has 2 N–H and O–H groups in total. The highest BCUT2D eigenvalue weighted by atomic mass is 19.1. The minimum Gasteiger partial charge on any atom is -0.484 e. The first-order valence-corrected chi connectivity index (χ1v) is 10.9. The van der Waals surface area contributed by atoms with Gasteiger partial charge in [-0.25, -0.2) is 19.8 Å². The summed E-state index contributed by atoms with van der Waals surface area (Å²) in [5, 5.41) is 0. The van der Waals surface area contributed by atoms with Gasteiger partial charge in [-0.2, -0.15) is 0 Å². The van der Waals surface area contributed by atoms with E-state index >= 15 is 0 Å². The van der Waals surface area contributed by atoms with Crippen LogP contribution < -0.4 is 20.5 Å². The Bertz CT molecular complexity index is 926. The molecule has 1 atom stereocenters. The first-order valence-electron chi connectivity index (χ1n) is 10.9. The van der Waals surface area contributed by atoms with E-state index in [9.17, 15) is 4.39 Å². The number of hydrogen-bond donors (Lipinski definition) is 2. The molecule has 30 heavy (non-hydrogen) atoms. The van der Waals surface area contributed by atoms with Crippen LogP contribution in [0.25, 0.3) is 0 Å². The summed E-state index contributed by atoms with van der Waals surface area (Å²) in [6.45, 7) is 9.42. The molecule has 3 heterocycles. The van der Waals surface area contributed by atoms with Crippen molar-refractivity contribution >= 4 is 11.5 Å². The Morgan fingerprint density at radius 3 is 2.70 bits per heavy atom. The number of fused-ring (bicyclic) bond motifs is 1. The molecule has 1 aromatic carbocycles. The van der Waals surface area contributed by atoms with E-state index in [1.165, 1.54) is 12.5 Å². The number of hydrazine groups is 1. The van der Waals surface area contributed by atoms with Crippen LogP contribution in [0.15, 0.2) is 24.5 Å². The lowest BCUT2D eigenvalue weighted by atomic mass is 10.0. The number of nitrogens with zero attached hydrogens (tertiary/aromatic N) is 4. The molecule has 2 fully saturated rings. The quantitative estimate of drug-likeness (QED) is 0.756. The third-order valence-electron chi connectivity index (χ3n) is 6.28. The minimum atomic E-state index is -0.342. The zero-order chi connectivity index (χ0) is 20.7. The maximum atomic E-state index is 14.5. The number of anilines is 2. The van der Waals surface area contributed by atoms with Gasteiger partial charge in [-0.3, -0.25) is 4.90 Å². The van der Waals surface area contributed by atoms with Crippen LogP contribution in [-0.4, -0.2) is 53.2 Å². The van der Waals surface area contributed by atoms with E-state index in [1.54, 1.807) is 12.4 Å². The standard InChI is InChI=1S/C22H29FN6O/c1-3-6-28-7-9-29(10-8-28)20-13-18(24-14-25-20)21-15-11-19(30-22(2)4-5-22)16(23)12-17(15)26-27-21/h11-14,21,26-27H,3-10H2,1-2H3. The summed E-state index contributed by atoms with van der Waals surface area (Å²) >= 11 is 0. The molecule has 1 aliphatic carbocycles. The topological polar surface area (TPSA) is 65.5 Å². The largest absolute Gasteiger partial charge is 0.484 e. The molecule has 0 bridgehead atoms. The summed E-state index contributed by atoms with van der Waals surface area (Å²) in [5.74, 6) is 0.909. The van der Waals surface area contributed by atoms with E-state index in [0.717, 1.165) is 68.3 Å². The van der Waals surface area contributed by atoms with Gasteiger partial charge in [0.15, 0.2) is 11.6 Å². The Morgan fingerprint density at radius 1 is 1.17 bits per heavy atom. The third kappa shape index (κ3) is 3.81. The average Bonchev–Trinajstić information content (AvgIpc) is 3.34. The Kier molecular flexibility index (Phi) is 4.99. The summed E-state index contributed by atoms with van der Waals surface area (Å²) in [5.41, 5.74) is 8.61. The van der Waals surface area contributed by atoms with Crippen molar-refractivity contribution < 1.29 is 9.13 Å². The zero-order valence-electron chi connectivity index (χ0n) is 17.6. The van der Waals surface area contributed by atoms with Crippen molar-refractivity contribution in [3.8, 4) is 5.75 Å². The van der Waals surface area contributed by atoms with Gasteiger partial charge in [0, 0.05) is 43.9 Å². The number of rotatable bonds is 6. The van der Waals surface area contributed by atoms with Gasteiger partial charge in [0.2, 0.25) is 0 Å². The van der Waals surface area contributed by atoms with Crippen LogP contribution in [0.3, 0.4) is 0 Å². The number of nitrogens with one attached hydrogen (secondary N) is 2. The fourth-order valence-electron chi connectivity index (χ4n) is 4.21. The SMILES string of the molecule is CCCN1CCN(c2cc(C3NNc4cc(F)c(OC5(C)CC5)cc43)ncn2)CC1. The smallest absolute Gasteiger partial charge is 0.167 e. The Labute approximate surface area is 176 Å². The van der Waals surface area contributed by atoms with Crippen LogP contribution in [0.1, 0.15) is 50.4 Å². The van der Waals surface area contributed by atoms with Gasteiger partial charge in [-0.1, -0.05) is 6.92 Å². The Morgan fingerprint density at radius 2 is 1.97 bits per heavy atom. The molecule has 0 spiro atoms. The number of aromatic nitrogens is 2. The van der Waals surface area contributed by atoms with Crippen LogP contribution >= 0.6 is 0 Å². The number of ether oxygens (including phenoxy) is 1. The molecule has 160 valence electrons. The molecule has 0 amide bonds. The van der Waals surface area contributed by atoms with Crippen LogP contribution in [-0.2, 0) is 0 Å². The minimum absolute atomic E-state index is 0.182. The summed E-state index contributed by atoms with van der Waals surface area (Å²) in [7, 11) is 0. The van der Waals surface area contributed by atoms with Gasteiger partial charge in [0.05, 0.1) is 17.4 Å². The maximum Gasteiger partial charge on any atom is 0.167 e. The molecule has 1 saturated heterocycles. The number of piperazine rings is 1.